The van der Waals surface area contributed by atoms with E-state index in [1.165, 1.54) is 6.26 Å². The third-order valence-electron chi connectivity index (χ3n) is 4.53. The summed E-state index contributed by atoms with van der Waals surface area (Å²) < 4.78 is 10.1. The molecule has 0 aromatic carbocycles. The maximum absolute atomic E-state index is 12.5. The highest BCUT2D eigenvalue weighted by Gasteiger charge is 2.25. The van der Waals surface area contributed by atoms with Crippen LogP contribution in [0.3, 0.4) is 0 Å². The second-order valence-electron chi connectivity index (χ2n) is 6.73. The van der Waals surface area contributed by atoms with Crippen LogP contribution in [0.1, 0.15) is 32.5 Å². The fraction of sp³-hybridized carbons (Fsp3) is 0.316. The number of amides is 2. The quantitative estimate of drug-likeness (QED) is 0.710. The zero-order valence-corrected chi connectivity index (χ0v) is 16.1. The zero-order valence-electron chi connectivity index (χ0n) is 16.1. The van der Waals surface area contributed by atoms with Gasteiger partial charge in [-0.05, 0) is 32.0 Å². The van der Waals surface area contributed by atoms with Crippen molar-refractivity contribution in [1.29, 1.82) is 0 Å². The molecule has 0 saturated carbocycles. The smallest absolute Gasteiger partial charge is 0.289 e. The summed E-state index contributed by atoms with van der Waals surface area (Å²) >= 11 is 0. The van der Waals surface area contributed by atoms with Crippen molar-refractivity contribution >= 4 is 23.6 Å². The fourth-order valence-electron chi connectivity index (χ4n) is 3.08. The summed E-state index contributed by atoms with van der Waals surface area (Å²) in [7, 11) is 0. The molecule has 0 radical (unpaired) electrons. The highest BCUT2D eigenvalue weighted by atomic mass is 16.5. The number of furan rings is 1. The highest BCUT2D eigenvalue weighted by molar-refractivity contribution is 6.02. The minimum atomic E-state index is -0.392. The van der Waals surface area contributed by atoms with Crippen molar-refractivity contribution in [1.82, 2.24) is 20.0 Å². The number of carbonyl (C=O) groups excluding carboxylic acids is 2. The van der Waals surface area contributed by atoms with E-state index in [1.54, 1.807) is 43.0 Å². The van der Waals surface area contributed by atoms with Gasteiger partial charge in [-0.25, -0.2) is 9.97 Å². The van der Waals surface area contributed by atoms with Gasteiger partial charge in [-0.1, -0.05) is 5.16 Å². The molecule has 2 amide bonds. The van der Waals surface area contributed by atoms with Crippen LogP contribution >= 0.6 is 0 Å². The van der Waals surface area contributed by atoms with Crippen molar-refractivity contribution < 1.29 is 18.5 Å². The topological polar surface area (TPSA) is 118 Å². The molecule has 0 spiro atoms. The normalized spacial score (nSPS) is 14.1. The molecular weight excluding hydrogens is 376 g/mol. The number of hydrogen-bond donors (Lipinski definition) is 1. The average Bonchev–Trinajstić information content (AvgIpc) is 3.39. The number of hydrogen-bond acceptors (Lipinski definition) is 8. The number of aryl methyl sites for hydroxylation is 2. The summed E-state index contributed by atoms with van der Waals surface area (Å²) in [6.07, 6.45) is 1.48. The summed E-state index contributed by atoms with van der Waals surface area (Å²) in [5.41, 5.74) is 0.910. The Labute approximate surface area is 166 Å². The van der Waals surface area contributed by atoms with Crippen LogP contribution < -0.4 is 10.2 Å². The van der Waals surface area contributed by atoms with Gasteiger partial charge in [0.25, 0.3) is 11.8 Å². The maximum atomic E-state index is 12.5. The van der Waals surface area contributed by atoms with Crippen LogP contribution in [0.25, 0.3) is 0 Å². The zero-order chi connectivity index (χ0) is 20.4. The molecule has 10 nitrogen and oxygen atoms in total. The standard InChI is InChI=1S/C19H20N6O4/c1-12-10-14(17(26)22-16-11-13(2)29-23-16)21-19(20-12)25-7-5-24(6-8-25)18(27)15-4-3-9-28-15/h3-4,9-11H,5-8H2,1-2H3,(H,22,23,26). The van der Waals surface area contributed by atoms with E-state index in [0.717, 1.165) is 0 Å². The van der Waals surface area contributed by atoms with E-state index in [-0.39, 0.29) is 11.6 Å². The molecule has 3 aromatic rings. The largest absolute Gasteiger partial charge is 0.459 e. The van der Waals surface area contributed by atoms with Gasteiger partial charge in [0, 0.05) is 37.9 Å². The lowest BCUT2D eigenvalue weighted by Crippen LogP contribution is -2.49. The molecule has 4 rings (SSSR count). The fourth-order valence-corrected chi connectivity index (χ4v) is 3.08. The van der Waals surface area contributed by atoms with Gasteiger partial charge in [-0.15, -0.1) is 0 Å². The highest BCUT2D eigenvalue weighted by Crippen LogP contribution is 2.16. The van der Waals surface area contributed by atoms with Gasteiger partial charge in [0.2, 0.25) is 5.95 Å². The predicted molar refractivity (Wildman–Crippen MR) is 103 cm³/mol. The minimum Gasteiger partial charge on any atom is -0.459 e. The van der Waals surface area contributed by atoms with E-state index < -0.39 is 5.91 Å². The van der Waals surface area contributed by atoms with Gasteiger partial charge >= 0.3 is 0 Å². The average molecular weight is 396 g/mol. The Morgan fingerprint density at radius 2 is 1.90 bits per heavy atom. The van der Waals surface area contributed by atoms with Crippen molar-refractivity contribution in [2.45, 2.75) is 13.8 Å². The molecule has 1 fully saturated rings. The van der Waals surface area contributed by atoms with E-state index >= 15 is 0 Å². The molecule has 0 atom stereocenters. The number of rotatable bonds is 4. The Balaban J connectivity index is 1.44. The predicted octanol–water partition coefficient (Wildman–Crippen LogP) is 1.89. The molecule has 10 heteroatoms. The van der Waals surface area contributed by atoms with Crippen molar-refractivity contribution in [3.63, 3.8) is 0 Å². The second kappa shape index (κ2) is 7.74. The van der Waals surface area contributed by atoms with Gasteiger partial charge in [-0.3, -0.25) is 9.59 Å². The summed E-state index contributed by atoms with van der Waals surface area (Å²) in [6, 6.07) is 6.58. The minimum absolute atomic E-state index is 0.136. The summed E-state index contributed by atoms with van der Waals surface area (Å²) in [5, 5.41) is 6.41. The number of carbonyl (C=O) groups is 2. The van der Waals surface area contributed by atoms with Crippen molar-refractivity contribution in [3.05, 3.63) is 53.4 Å². The van der Waals surface area contributed by atoms with Crippen LogP contribution in [0.5, 0.6) is 0 Å². The van der Waals surface area contributed by atoms with Gasteiger partial charge < -0.3 is 24.1 Å². The molecule has 29 heavy (non-hydrogen) atoms. The Hall–Kier alpha value is -3.69. The van der Waals surface area contributed by atoms with E-state index in [4.69, 9.17) is 8.94 Å². The van der Waals surface area contributed by atoms with E-state index in [2.05, 4.69) is 20.4 Å². The Bertz CT molecular complexity index is 1020. The number of anilines is 2. The van der Waals surface area contributed by atoms with E-state index in [9.17, 15) is 9.59 Å². The molecule has 150 valence electrons. The molecule has 4 heterocycles. The van der Waals surface area contributed by atoms with Crippen LogP contribution in [0.2, 0.25) is 0 Å². The Morgan fingerprint density at radius 1 is 1.10 bits per heavy atom. The second-order valence-corrected chi connectivity index (χ2v) is 6.73. The third-order valence-corrected chi connectivity index (χ3v) is 4.53. The summed E-state index contributed by atoms with van der Waals surface area (Å²) in [6.45, 7) is 5.68. The van der Waals surface area contributed by atoms with Gasteiger partial charge in [-0.2, -0.15) is 0 Å². The number of nitrogens with zero attached hydrogens (tertiary/aromatic N) is 5. The summed E-state index contributed by atoms with van der Waals surface area (Å²) in [4.78, 5) is 37.4. The lowest BCUT2D eigenvalue weighted by atomic mass is 10.3. The lowest BCUT2D eigenvalue weighted by molar-refractivity contribution is 0.0714. The van der Waals surface area contributed by atoms with Crippen LogP contribution in [-0.2, 0) is 0 Å². The van der Waals surface area contributed by atoms with Gasteiger partial charge in [0.15, 0.2) is 11.6 Å². The molecular formula is C19H20N6O4. The van der Waals surface area contributed by atoms with Crippen LogP contribution in [0.4, 0.5) is 11.8 Å². The molecule has 0 unspecified atom stereocenters. The van der Waals surface area contributed by atoms with Crippen LogP contribution in [0.15, 0.2) is 39.5 Å². The molecule has 3 aromatic heterocycles. The molecule has 0 bridgehead atoms. The van der Waals surface area contributed by atoms with Crippen LogP contribution in [-0.4, -0.2) is 58.0 Å². The molecule has 0 aliphatic carbocycles. The lowest BCUT2D eigenvalue weighted by Gasteiger charge is -2.34. The monoisotopic (exact) mass is 396 g/mol. The van der Waals surface area contributed by atoms with Crippen molar-refractivity contribution in [2.75, 3.05) is 36.4 Å². The van der Waals surface area contributed by atoms with E-state index in [0.29, 0.717) is 55.2 Å². The van der Waals surface area contributed by atoms with E-state index in [1.807, 2.05) is 4.90 Å². The molecule has 1 aliphatic rings. The first-order chi connectivity index (χ1) is 14.0. The van der Waals surface area contributed by atoms with Gasteiger partial charge in [0.05, 0.1) is 6.26 Å². The Morgan fingerprint density at radius 3 is 2.55 bits per heavy atom. The van der Waals surface area contributed by atoms with Crippen LogP contribution in [0, 0.1) is 13.8 Å². The SMILES string of the molecule is Cc1cc(C(=O)Nc2cc(C)on2)nc(N2CCN(C(=O)c3ccco3)CC2)n1. The molecule has 1 N–H and O–H groups in total. The Kier molecular flexibility index (Phi) is 4.98. The summed E-state index contributed by atoms with van der Waals surface area (Å²) in [5.74, 6) is 1.18. The van der Waals surface area contributed by atoms with Crippen molar-refractivity contribution in [2.24, 2.45) is 0 Å². The number of piperazine rings is 1. The number of aromatic nitrogens is 3. The van der Waals surface area contributed by atoms with Crippen molar-refractivity contribution in [3.8, 4) is 0 Å². The first-order valence-corrected chi connectivity index (χ1v) is 9.17. The third kappa shape index (κ3) is 4.10. The molecule has 1 aliphatic heterocycles. The number of nitrogens with one attached hydrogen (secondary N) is 1. The molecule has 1 saturated heterocycles. The maximum Gasteiger partial charge on any atom is 0.289 e. The first kappa shape index (κ1) is 18.7. The van der Waals surface area contributed by atoms with Gasteiger partial charge in [0.1, 0.15) is 11.5 Å². The first-order valence-electron chi connectivity index (χ1n) is 9.17.